The lowest BCUT2D eigenvalue weighted by Crippen LogP contribution is -2.45. The molecular formula is C17H25N5OS. The number of hydrogen-bond donors (Lipinski definition) is 0. The van der Waals surface area contributed by atoms with Crippen molar-refractivity contribution in [2.24, 2.45) is 0 Å². The quantitative estimate of drug-likeness (QED) is 0.763. The van der Waals surface area contributed by atoms with Crippen LogP contribution in [0.25, 0.3) is 0 Å². The standard InChI is InChI=1S/C17H25N5OS/c1-3-24-14(2)17-19-16(23-20-17)13-22-10-8-21(9-11-22)12-15-6-4-5-7-18-15/h4-7,14H,3,8-13H2,1-2H3/t14-/m1/s1. The fourth-order valence-electron chi connectivity index (χ4n) is 2.84. The SMILES string of the molecule is CCS[C@H](C)c1noc(CN2CCN(Cc3ccccn3)CC2)n1. The van der Waals surface area contributed by atoms with E-state index in [1.807, 2.05) is 30.1 Å². The van der Waals surface area contributed by atoms with E-state index in [4.69, 9.17) is 4.52 Å². The van der Waals surface area contributed by atoms with Gasteiger partial charge in [-0.2, -0.15) is 16.7 Å². The highest BCUT2D eigenvalue weighted by Crippen LogP contribution is 2.25. The van der Waals surface area contributed by atoms with E-state index in [0.717, 1.165) is 62.4 Å². The van der Waals surface area contributed by atoms with Crippen molar-refractivity contribution < 1.29 is 4.52 Å². The Balaban J connectivity index is 1.45. The van der Waals surface area contributed by atoms with Gasteiger partial charge in [0.25, 0.3) is 0 Å². The average Bonchev–Trinajstić information content (AvgIpc) is 3.06. The van der Waals surface area contributed by atoms with Gasteiger partial charge in [0.05, 0.1) is 17.5 Å². The molecule has 0 aromatic carbocycles. The van der Waals surface area contributed by atoms with Gasteiger partial charge in [-0.3, -0.25) is 14.8 Å². The predicted molar refractivity (Wildman–Crippen MR) is 95.6 cm³/mol. The van der Waals surface area contributed by atoms with Gasteiger partial charge in [-0.25, -0.2) is 0 Å². The van der Waals surface area contributed by atoms with Gasteiger partial charge in [-0.05, 0) is 24.8 Å². The minimum absolute atomic E-state index is 0.294. The molecule has 1 aliphatic rings. The molecule has 0 spiro atoms. The van der Waals surface area contributed by atoms with Crippen LogP contribution in [0.3, 0.4) is 0 Å². The number of hydrogen-bond acceptors (Lipinski definition) is 7. The smallest absolute Gasteiger partial charge is 0.240 e. The number of piperazine rings is 1. The molecule has 0 N–H and O–H groups in total. The third kappa shape index (κ3) is 4.78. The van der Waals surface area contributed by atoms with Crippen LogP contribution in [0.15, 0.2) is 28.9 Å². The molecule has 2 aromatic heterocycles. The van der Waals surface area contributed by atoms with Gasteiger partial charge in [0, 0.05) is 38.9 Å². The Morgan fingerprint density at radius 1 is 1.17 bits per heavy atom. The van der Waals surface area contributed by atoms with E-state index in [1.54, 1.807) is 0 Å². The van der Waals surface area contributed by atoms with Gasteiger partial charge in [0.15, 0.2) is 5.82 Å². The maximum atomic E-state index is 5.42. The molecule has 0 amide bonds. The molecule has 0 saturated carbocycles. The summed E-state index contributed by atoms with van der Waals surface area (Å²) < 4.78 is 5.42. The second kappa shape index (κ2) is 8.60. The van der Waals surface area contributed by atoms with Gasteiger partial charge in [0.2, 0.25) is 5.89 Å². The van der Waals surface area contributed by atoms with E-state index in [1.165, 1.54) is 0 Å². The van der Waals surface area contributed by atoms with Crippen LogP contribution in [-0.4, -0.2) is 56.9 Å². The Morgan fingerprint density at radius 3 is 2.58 bits per heavy atom. The van der Waals surface area contributed by atoms with Crippen LogP contribution in [0.4, 0.5) is 0 Å². The second-order valence-electron chi connectivity index (χ2n) is 6.02. The molecule has 0 radical (unpaired) electrons. The maximum Gasteiger partial charge on any atom is 0.240 e. The Hall–Kier alpha value is -1.44. The maximum absolute atomic E-state index is 5.42. The lowest BCUT2D eigenvalue weighted by atomic mass is 10.2. The first-order valence-corrected chi connectivity index (χ1v) is 9.58. The summed E-state index contributed by atoms with van der Waals surface area (Å²) in [6, 6.07) is 6.09. The van der Waals surface area contributed by atoms with E-state index in [-0.39, 0.29) is 0 Å². The molecule has 0 unspecified atom stereocenters. The first-order valence-electron chi connectivity index (χ1n) is 8.53. The van der Waals surface area contributed by atoms with Crippen molar-refractivity contribution >= 4 is 11.8 Å². The zero-order valence-corrected chi connectivity index (χ0v) is 15.2. The highest BCUT2D eigenvalue weighted by atomic mass is 32.2. The van der Waals surface area contributed by atoms with E-state index in [9.17, 15) is 0 Å². The van der Waals surface area contributed by atoms with Crippen molar-refractivity contribution in [1.82, 2.24) is 24.9 Å². The first kappa shape index (κ1) is 17.4. The summed E-state index contributed by atoms with van der Waals surface area (Å²) >= 11 is 1.83. The number of nitrogens with zero attached hydrogens (tertiary/aromatic N) is 5. The second-order valence-corrected chi connectivity index (χ2v) is 7.64. The first-order chi connectivity index (χ1) is 11.7. The highest BCUT2D eigenvalue weighted by Gasteiger charge is 2.20. The van der Waals surface area contributed by atoms with Crippen LogP contribution >= 0.6 is 11.8 Å². The molecule has 130 valence electrons. The Morgan fingerprint density at radius 2 is 1.92 bits per heavy atom. The monoisotopic (exact) mass is 347 g/mol. The zero-order chi connectivity index (χ0) is 16.8. The number of pyridine rings is 1. The summed E-state index contributed by atoms with van der Waals surface area (Å²) in [6.07, 6.45) is 1.86. The summed E-state index contributed by atoms with van der Waals surface area (Å²) in [5.74, 6) is 2.60. The third-order valence-electron chi connectivity index (χ3n) is 4.20. The van der Waals surface area contributed by atoms with Gasteiger partial charge in [-0.15, -0.1) is 0 Å². The number of thioether (sulfide) groups is 1. The number of rotatable bonds is 7. The Bertz CT molecular complexity index is 612. The van der Waals surface area contributed by atoms with E-state index < -0.39 is 0 Å². The molecule has 7 heteroatoms. The fraction of sp³-hybridized carbons (Fsp3) is 0.588. The third-order valence-corrected chi connectivity index (χ3v) is 5.24. The molecule has 24 heavy (non-hydrogen) atoms. The Labute approximate surface area is 147 Å². The van der Waals surface area contributed by atoms with Crippen molar-refractivity contribution in [1.29, 1.82) is 0 Å². The zero-order valence-electron chi connectivity index (χ0n) is 14.4. The largest absolute Gasteiger partial charge is 0.338 e. The van der Waals surface area contributed by atoms with Gasteiger partial charge in [-0.1, -0.05) is 18.1 Å². The van der Waals surface area contributed by atoms with Gasteiger partial charge >= 0.3 is 0 Å². The summed E-state index contributed by atoms with van der Waals surface area (Å²) in [6.45, 7) is 10.1. The van der Waals surface area contributed by atoms with E-state index in [0.29, 0.717) is 5.25 Å². The molecular weight excluding hydrogens is 322 g/mol. The van der Waals surface area contributed by atoms with Crippen molar-refractivity contribution in [2.75, 3.05) is 31.9 Å². The molecule has 1 fully saturated rings. The van der Waals surface area contributed by atoms with E-state index >= 15 is 0 Å². The summed E-state index contributed by atoms with van der Waals surface area (Å²) in [7, 11) is 0. The predicted octanol–water partition coefficient (Wildman–Crippen LogP) is 2.60. The van der Waals surface area contributed by atoms with Crippen LogP contribution in [0.5, 0.6) is 0 Å². The lowest BCUT2D eigenvalue weighted by molar-refractivity contribution is 0.111. The molecule has 3 heterocycles. The lowest BCUT2D eigenvalue weighted by Gasteiger charge is -2.33. The molecule has 3 rings (SSSR count). The Kier molecular flexibility index (Phi) is 6.23. The minimum Gasteiger partial charge on any atom is -0.338 e. The van der Waals surface area contributed by atoms with Gasteiger partial charge in [0.1, 0.15) is 0 Å². The fourth-order valence-corrected chi connectivity index (χ4v) is 3.58. The van der Waals surface area contributed by atoms with Crippen LogP contribution in [0.2, 0.25) is 0 Å². The molecule has 2 aromatic rings. The van der Waals surface area contributed by atoms with Crippen LogP contribution in [-0.2, 0) is 13.1 Å². The molecule has 6 nitrogen and oxygen atoms in total. The molecule has 0 bridgehead atoms. The van der Waals surface area contributed by atoms with E-state index in [2.05, 4.69) is 44.8 Å². The molecule has 0 aliphatic carbocycles. The summed E-state index contributed by atoms with van der Waals surface area (Å²) in [5, 5.41) is 4.41. The van der Waals surface area contributed by atoms with Crippen LogP contribution < -0.4 is 0 Å². The van der Waals surface area contributed by atoms with Crippen molar-refractivity contribution in [3.05, 3.63) is 41.8 Å². The topological polar surface area (TPSA) is 58.3 Å². The highest BCUT2D eigenvalue weighted by molar-refractivity contribution is 7.99. The average molecular weight is 347 g/mol. The minimum atomic E-state index is 0.294. The van der Waals surface area contributed by atoms with Crippen LogP contribution in [0, 0.1) is 0 Å². The summed E-state index contributed by atoms with van der Waals surface area (Å²) in [4.78, 5) is 13.8. The normalized spacial score (nSPS) is 17.9. The van der Waals surface area contributed by atoms with Crippen LogP contribution in [0.1, 0.15) is 36.5 Å². The van der Waals surface area contributed by atoms with Crippen molar-refractivity contribution in [3.63, 3.8) is 0 Å². The van der Waals surface area contributed by atoms with Crippen molar-refractivity contribution in [3.8, 4) is 0 Å². The molecule has 1 aliphatic heterocycles. The number of aromatic nitrogens is 3. The van der Waals surface area contributed by atoms with Gasteiger partial charge < -0.3 is 4.52 Å². The summed E-state index contributed by atoms with van der Waals surface area (Å²) in [5.41, 5.74) is 1.13. The van der Waals surface area contributed by atoms with Crippen molar-refractivity contribution in [2.45, 2.75) is 32.2 Å². The molecule has 1 saturated heterocycles. The molecule has 1 atom stereocenters.